The highest BCUT2D eigenvalue weighted by atomic mass is 32.2. The first-order chi connectivity index (χ1) is 5.45. The SMILES string of the molecule is CNC(=O)/C=N/SCC(C)(C)C. The van der Waals surface area contributed by atoms with Crippen molar-refractivity contribution in [3.8, 4) is 0 Å². The zero-order valence-electron chi connectivity index (χ0n) is 8.05. The fourth-order valence-corrected chi connectivity index (χ4v) is 1.01. The first-order valence-corrected chi connectivity index (χ1v) is 4.77. The second-order valence-electron chi connectivity index (χ2n) is 3.68. The number of rotatable bonds is 3. The predicted octanol–water partition coefficient (Wildman–Crippen LogP) is 1.50. The van der Waals surface area contributed by atoms with Crippen molar-refractivity contribution in [1.29, 1.82) is 0 Å². The average Bonchev–Trinajstić information content (AvgIpc) is 1.96. The molecule has 12 heavy (non-hydrogen) atoms. The summed E-state index contributed by atoms with van der Waals surface area (Å²) in [4.78, 5) is 10.7. The molecule has 0 atom stereocenters. The summed E-state index contributed by atoms with van der Waals surface area (Å²) < 4.78 is 3.91. The van der Waals surface area contributed by atoms with E-state index in [4.69, 9.17) is 0 Å². The topological polar surface area (TPSA) is 41.5 Å². The second-order valence-corrected chi connectivity index (χ2v) is 4.44. The van der Waals surface area contributed by atoms with Crippen LogP contribution in [0.15, 0.2) is 4.40 Å². The molecular weight excluding hydrogens is 172 g/mol. The number of hydrogen-bond acceptors (Lipinski definition) is 3. The molecule has 0 spiro atoms. The Morgan fingerprint density at radius 1 is 1.58 bits per heavy atom. The molecule has 0 heterocycles. The summed E-state index contributed by atoms with van der Waals surface area (Å²) in [6.07, 6.45) is 1.30. The molecule has 0 aliphatic carbocycles. The van der Waals surface area contributed by atoms with E-state index in [1.165, 1.54) is 18.2 Å². The van der Waals surface area contributed by atoms with E-state index < -0.39 is 0 Å². The first kappa shape index (κ1) is 11.5. The monoisotopic (exact) mass is 188 g/mol. The van der Waals surface area contributed by atoms with Crippen molar-refractivity contribution in [3.05, 3.63) is 0 Å². The van der Waals surface area contributed by atoms with Crippen molar-refractivity contribution in [2.75, 3.05) is 12.8 Å². The van der Waals surface area contributed by atoms with Crippen LogP contribution in [-0.2, 0) is 4.79 Å². The van der Waals surface area contributed by atoms with Gasteiger partial charge in [-0.15, -0.1) is 0 Å². The summed E-state index contributed by atoms with van der Waals surface area (Å²) in [7, 11) is 1.59. The molecule has 0 aliphatic heterocycles. The van der Waals surface area contributed by atoms with E-state index in [2.05, 4.69) is 30.5 Å². The lowest BCUT2D eigenvalue weighted by atomic mass is 10.0. The van der Waals surface area contributed by atoms with Crippen LogP contribution in [-0.4, -0.2) is 24.9 Å². The highest BCUT2D eigenvalue weighted by molar-refractivity contribution is 7.98. The minimum atomic E-state index is -0.156. The summed E-state index contributed by atoms with van der Waals surface area (Å²) >= 11 is 1.41. The van der Waals surface area contributed by atoms with Gasteiger partial charge in [-0.05, 0) is 17.4 Å². The van der Waals surface area contributed by atoms with E-state index >= 15 is 0 Å². The Hall–Kier alpha value is -0.510. The maximum Gasteiger partial charge on any atom is 0.262 e. The predicted molar refractivity (Wildman–Crippen MR) is 54.5 cm³/mol. The van der Waals surface area contributed by atoms with Crippen LogP contribution >= 0.6 is 11.9 Å². The van der Waals surface area contributed by atoms with Gasteiger partial charge in [0.2, 0.25) is 0 Å². The fourth-order valence-electron chi connectivity index (χ4n) is 0.381. The molecule has 0 aromatic rings. The highest BCUT2D eigenvalue weighted by Gasteiger charge is 2.08. The summed E-state index contributed by atoms with van der Waals surface area (Å²) in [5.41, 5.74) is 0.255. The third-order valence-electron chi connectivity index (χ3n) is 0.988. The molecule has 0 aromatic carbocycles. The third-order valence-corrected chi connectivity index (χ3v) is 2.24. The maximum atomic E-state index is 10.7. The minimum Gasteiger partial charge on any atom is -0.354 e. The van der Waals surface area contributed by atoms with Gasteiger partial charge >= 0.3 is 0 Å². The summed E-state index contributed by atoms with van der Waals surface area (Å²) in [5, 5.41) is 2.46. The van der Waals surface area contributed by atoms with Gasteiger partial charge in [0.15, 0.2) is 0 Å². The van der Waals surface area contributed by atoms with E-state index in [9.17, 15) is 4.79 Å². The number of hydrogen-bond donors (Lipinski definition) is 1. The lowest BCUT2D eigenvalue weighted by Crippen LogP contribution is -2.18. The Balaban J connectivity index is 3.56. The zero-order valence-corrected chi connectivity index (χ0v) is 8.86. The lowest BCUT2D eigenvalue weighted by Gasteiger charge is -2.14. The van der Waals surface area contributed by atoms with E-state index in [1.54, 1.807) is 7.05 Å². The largest absolute Gasteiger partial charge is 0.354 e. The minimum absolute atomic E-state index is 0.156. The molecule has 0 radical (unpaired) electrons. The van der Waals surface area contributed by atoms with Gasteiger partial charge in [0.05, 0.1) is 6.21 Å². The number of nitrogens with one attached hydrogen (secondary N) is 1. The molecule has 0 aromatic heterocycles. The molecule has 0 saturated heterocycles. The second kappa shape index (κ2) is 5.19. The zero-order chi connectivity index (χ0) is 9.61. The highest BCUT2D eigenvalue weighted by Crippen LogP contribution is 2.20. The Morgan fingerprint density at radius 2 is 2.17 bits per heavy atom. The van der Waals surface area contributed by atoms with Gasteiger partial charge in [-0.25, -0.2) is 4.40 Å². The number of carbonyl (C=O) groups is 1. The quantitative estimate of drug-likeness (QED) is 0.538. The van der Waals surface area contributed by atoms with E-state index in [0.717, 1.165) is 5.75 Å². The molecule has 0 bridgehead atoms. The van der Waals surface area contributed by atoms with Crippen LogP contribution in [0.25, 0.3) is 0 Å². The smallest absolute Gasteiger partial charge is 0.262 e. The Morgan fingerprint density at radius 3 is 2.58 bits per heavy atom. The van der Waals surface area contributed by atoms with E-state index in [0.29, 0.717) is 0 Å². The van der Waals surface area contributed by atoms with Crippen LogP contribution in [0.2, 0.25) is 0 Å². The van der Waals surface area contributed by atoms with Gasteiger partial charge in [0, 0.05) is 12.8 Å². The summed E-state index contributed by atoms with van der Waals surface area (Å²) in [6, 6.07) is 0. The molecule has 0 unspecified atom stereocenters. The van der Waals surface area contributed by atoms with Gasteiger partial charge < -0.3 is 5.32 Å². The molecule has 0 saturated carbocycles. The Kier molecular flexibility index (Phi) is 4.97. The van der Waals surface area contributed by atoms with Crippen LogP contribution in [0.5, 0.6) is 0 Å². The van der Waals surface area contributed by atoms with Crippen LogP contribution in [0.4, 0.5) is 0 Å². The third kappa shape index (κ3) is 7.60. The molecule has 0 rings (SSSR count). The standard InChI is InChI=1S/C8H16N2OS/c1-8(2,3)6-12-10-5-7(11)9-4/h5H,6H2,1-4H3,(H,9,11)/b10-5+. The summed E-state index contributed by atoms with van der Waals surface area (Å²) in [5.74, 6) is 0.761. The maximum absolute atomic E-state index is 10.7. The number of carbonyl (C=O) groups excluding carboxylic acids is 1. The van der Waals surface area contributed by atoms with Gasteiger partial charge in [-0.1, -0.05) is 20.8 Å². The van der Waals surface area contributed by atoms with Gasteiger partial charge in [-0.3, -0.25) is 4.79 Å². The van der Waals surface area contributed by atoms with Crippen molar-refractivity contribution in [1.82, 2.24) is 5.32 Å². The van der Waals surface area contributed by atoms with Gasteiger partial charge in [0.1, 0.15) is 0 Å². The number of amides is 1. The van der Waals surface area contributed by atoms with Gasteiger partial charge in [0.25, 0.3) is 5.91 Å². The molecule has 70 valence electrons. The van der Waals surface area contributed by atoms with Crippen LogP contribution in [0.1, 0.15) is 20.8 Å². The summed E-state index contributed by atoms with van der Waals surface area (Å²) in [6.45, 7) is 6.40. The normalized spacial score (nSPS) is 12.0. The van der Waals surface area contributed by atoms with Crippen molar-refractivity contribution in [2.24, 2.45) is 9.81 Å². The van der Waals surface area contributed by atoms with Crippen LogP contribution in [0.3, 0.4) is 0 Å². The van der Waals surface area contributed by atoms with Crippen molar-refractivity contribution in [2.45, 2.75) is 20.8 Å². The van der Waals surface area contributed by atoms with Crippen molar-refractivity contribution < 1.29 is 4.79 Å². The molecule has 4 heteroatoms. The Labute approximate surface area is 78.2 Å². The van der Waals surface area contributed by atoms with Gasteiger partial charge in [-0.2, -0.15) is 0 Å². The molecular formula is C8H16N2OS. The van der Waals surface area contributed by atoms with Crippen LogP contribution in [0, 0.1) is 5.41 Å². The van der Waals surface area contributed by atoms with Crippen molar-refractivity contribution >= 4 is 24.1 Å². The van der Waals surface area contributed by atoms with E-state index in [1.807, 2.05) is 0 Å². The molecule has 1 amide bonds. The lowest BCUT2D eigenvalue weighted by molar-refractivity contribution is -0.113. The first-order valence-electron chi connectivity index (χ1n) is 3.83. The van der Waals surface area contributed by atoms with Crippen molar-refractivity contribution in [3.63, 3.8) is 0 Å². The Bertz CT molecular complexity index is 172. The van der Waals surface area contributed by atoms with Crippen LogP contribution < -0.4 is 5.32 Å². The molecule has 0 aliphatic rings. The average molecular weight is 188 g/mol. The molecule has 0 fully saturated rings. The molecule has 1 N–H and O–H groups in total. The molecule has 3 nitrogen and oxygen atoms in total. The van der Waals surface area contributed by atoms with E-state index in [-0.39, 0.29) is 11.3 Å². The number of nitrogens with zero attached hydrogens (tertiary/aromatic N) is 1. The fraction of sp³-hybridized carbons (Fsp3) is 0.750.